The number of nitrogens with zero attached hydrogens (tertiary/aromatic N) is 3. The maximum Gasteiger partial charge on any atom is 0.229 e. The average Bonchev–Trinajstić information content (AvgIpc) is 2.98. The number of amides is 2. The van der Waals surface area contributed by atoms with Crippen LogP contribution in [0.15, 0.2) is 42.6 Å². The zero-order chi connectivity index (χ0) is 16.2. The summed E-state index contributed by atoms with van der Waals surface area (Å²) in [5, 5.41) is 7.17. The van der Waals surface area contributed by atoms with Gasteiger partial charge < -0.3 is 10.2 Å². The lowest BCUT2D eigenvalue weighted by atomic mass is 9.96. The maximum atomic E-state index is 12.4. The van der Waals surface area contributed by atoms with E-state index in [2.05, 4.69) is 10.4 Å². The fraction of sp³-hybridized carbons (Fsp3) is 0.353. The van der Waals surface area contributed by atoms with Crippen molar-refractivity contribution in [1.29, 1.82) is 0 Å². The lowest BCUT2D eigenvalue weighted by Gasteiger charge is -2.27. The summed E-state index contributed by atoms with van der Waals surface area (Å²) in [7, 11) is 1.77. The third-order valence-corrected chi connectivity index (χ3v) is 4.17. The average molecular weight is 312 g/mol. The van der Waals surface area contributed by atoms with Crippen LogP contribution in [-0.4, -0.2) is 40.1 Å². The molecule has 2 heterocycles. The molecule has 2 aromatic rings. The van der Waals surface area contributed by atoms with Crippen molar-refractivity contribution < 1.29 is 9.59 Å². The van der Waals surface area contributed by atoms with Crippen LogP contribution in [0.1, 0.15) is 18.4 Å². The van der Waals surface area contributed by atoms with Gasteiger partial charge in [-0.25, -0.2) is 4.68 Å². The van der Waals surface area contributed by atoms with E-state index in [1.807, 2.05) is 30.3 Å². The molecule has 1 saturated heterocycles. The van der Waals surface area contributed by atoms with Gasteiger partial charge in [-0.2, -0.15) is 5.10 Å². The molecule has 6 nitrogen and oxygen atoms in total. The Morgan fingerprint density at radius 1 is 1.30 bits per heavy atom. The van der Waals surface area contributed by atoms with Gasteiger partial charge in [-0.3, -0.25) is 9.59 Å². The molecule has 6 heteroatoms. The third-order valence-electron chi connectivity index (χ3n) is 4.17. The van der Waals surface area contributed by atoms with Crippen LogP contribution in [0.3, 0.4) is 0 Å². The van der Waals surface area contributed by atoms with E-state index in [4.69, 9.17) is 0 Å². The molecule has 1 N–H and O–H groups in total. The standard InChI is InChI=1S/C17H20N4O2/c1-20-10-8-14(11-16(20)22)17(23)19-15-7-9-18-21(15)12-13-5-3-2-4-6-13/h2-7,9,14H,8,10-12H2,1H3,(H,19,23)/t14-/m1/s1. The van der Waals surface area contributed by atoms with Crippen molar-refractivity contribution in [2.75, 3.05) is 18.9 Å². The number of benzene rings is 1. The molecule has 0 radical (unpaired) electrons. The van der Waals surface area contributed by atoms with Gasteiger partial charge in [0.05, 0.1) is 12.7 Å². The number of carbonyl (C=O) groups excluding carboxylic acids is 2. The van der Waals surface area contributed by atoms with Crippen molar-refractivity contribution in [3.05, 3.63) is 48.2 Å². The highest BCUT2D eigenvalue weighted by molar-refractivity contribution is 5.95. The van der Waals surface area contributed by atoms with Crippen molar-refractivity contribution >= 4 is 17.6 Å². The van der Waals surface area contributed by atoms with E-state index in [-0.39, 0.29) is 24.2 Å². The molecule has 0 aliphatic carbocycles. The van der Waals surface area contributed by atoms with Crippen molar-refractivity contribution in [1.82, 2.24) is 14.7 Å². The SMILES string of the molecule is CN1CC[C@@H](C(=O)Nc2ccnn2Cc2ccccc2)CC1=O. The smallest absolute Gasteiger partial charge is 0.229 e. The molecule has 23 heavy (non-hydrogen) atoms. The lowest BCUT2D eigenvalue weighted by Crippen LogP contribution is -2.40. The Kier molecular flexibility index (Phi) is 4.41. The Bertz CT molecular complexity index is 696. The van der Waals surface area contributed by atoms with Crippen molar-refractivity contribution in [3.8, 4) is 0 Å². The highest BCUT2D eigenvalue weighted by atomic mass is 16.2. The molecule has 1 aromatic carbocycles. The van der Waals surface area contributed by atoms with Gasteiger partial charge in [0.25, 0.3) is 0 Å². The predicted octanol–water partition coefficient (Wildman–Crippen LogP) is 1.74. The van der Waals surface area contributed by atoms with Crippen molar-refractivity contribution in [2.24, 2.45) is 5.92 Å². The number of piperidine rings is 1. The number of hydrogen-bond acceptors (Lipinski definition) is 3. The number of anilines is 1. The molecule has 1 aliphatic heterocycles. The number of rotatable bonds is 4. The molecule has 0 spiro atoms. The molecule has 1 aliphatic rings. The van der Waals surface area contributed by atoms with Gasteiger partial charge >= 0.3 is 0 Å². The van der Waals surface area contributed by atoms with E-state index in [9.17, 15) is 9.59 Å². The van der Waals surface area contributed by atoms with E-state index in [0.717, 1.165) is 5.56 Å². The topological polar surface area (TPSA) is 67.2 Å². The Morgan fingerprint density at radius 2 is 2.09 bits per heavy atom. The van der Waals surface area contributed by atoms with Crippen LogP contribution in [0, 0.1) is 5.92 Å². The van der Waals surface area contributed by atoms with E-state index in [1.165, 1.54) is 0 Å². The summed E-state index contributed by atoms with van der Waals surface area (Å²) in [6.07, 6.45) is 2.63. The Morgan fingerprint density at radius 3 is 2.83 bits per heavy atom. The van der Waals surface area contributed by atoms with Crippen molar-refractivity contribution in [2.45, 2.75) is 19.4 Å². The predicted molar refractivity (Wildman–Crippen MR) is 86.8 cm³/mol. The molecular weight excluding hydrogens is 292 g/mol. The first-order chi connectivity index (χ1) is 11.1. The first-order valence-electron chi connectivity index (χ1n) is 7.74. The number of carbonyl (C=O) groups is 2. The fourth-order valence-electron chi connectivity index (χ4n) is 2.72. The largest absolute Gasteiger partial charge is 0.346 e. The van der Waals surface area contributed by atoms with Gasteiger partial charge in [-0.05, 0) is 12.0 Å². The van der Waals surface area contributed by atoms with Gasteiger partial charge in [0, 0.05) is 32.0 Å². The molecule has 3 rings (SSSR count). The summed E-state index contributed by atoms with van der Waals surface area (Å²) in [4.78, 5) is 25.8. The molecule has 2 amide bonds. The van der Waals surface area contributed by atoms with E-state index < -0.39 is 0 Å². The van der Waals surface area contributed by atoms with Crippen LogP contribution < -0.4 is 5.32 Å². The molecule has 1 aromatic heterocycles. The summed E-state index contributed by atoms with van der Waals surface area (Å²) < 4.78 is 1.75. The summed E-state index contributed by atoms with van der Waals surface area (Å²) in [6, 6.07) is 11.7. The summed E-state index contributed by atoms with van der Waals surface area (Å²) in [5.41, 5.74) is 1.11. The van der Waals surface area contributed by atoms with E-state index in [1.54, 1.807) is 28.9 Å². The van der Waals surface area contributed by atoms with Crippen LogP contribution in [0.5, 0.6) is 0 Å². The van der Waals surface area contributed by atoms with Gasteiger partial charge in [0.2, 0.25) is 11.8 Å². The molecule has 1 fully saturated rings. The molecule has 1 atom stereocenters. The second-order valence-corrected chi connectivity index (χ2v) is 5.85. The first kappa shape index (κ1) is 15.3. The lowest BCUT2D eigenvalue weighted by molar-refractivity contribution is -0.137. The van der Waals surface area contributed by atoms with Crippen LogP contribution in [0.2, 0.25) is 0 Å². The number of hydrogen-bond donors (Lipinski definition) is 1. The Hall–Kier alpha value is -2.63. The minimum absolute atomic E-state index is 0.0224. The quantitative estimate of drug-likeness (QED) is 0.935. The number of aromatic nitrogens is 2. The summed E-state index contributed by atoms with van der Waals surface area (Å²) >= 11 is 0. The molecular formula is C17H20N4O2. The molecule has 0 saturated carbocycles. The number of nitrogens with one attached hydrogen (secondary N) is 1. The second-order valence-electron chi connectivity index (χ2n) is 5.85. The monoisotopic (exact) mass is 312 g/mol. The fourth-order valence-corrected chi connectivity index (χ4v) is 2.72. The van der Waals surface area contributed by atoms with Gasteiger partial charge in [0.15, 0.2) is 0 Å². The van der Waals surface area contributed by atoms with Crippen LogP contribution >= 0.6 is 0 Å². The maximum absolute atomic E-state index is 12.4. The highest BCUT2D eigenvalue weighted by Crippen LogP contribution is 2.20. The third kappa shape index (κ3) is 3.59. The van der Waals surface area contributed by atoms with Gasteiger partial charge in [-0.1, -0.05) is 30.3 Å². The highest BCUT2D eigenvalue weighted by Gasteiger charge is 2.29. The summed E-state index contributed by atoms with van der Waals surface area (Å²) in [5.74, 6) is 0.305. The minimum atomic E-state index is -0.265. The van der Waals surface area contributed by atoms with E-state index in [0.29, 0.717) is 25.3 Å². The van der Waals surface area contributed by atoms with Gasteiger partial charge in [0.1, 0.15) is 5.82 Å². The minimum Gasteiger partial charge on any atom is -0.346 e. The molecule has 120 valence electrons. The van der Waals surface area contributed by atoms with E-state index >= 15 is 0 Å². The van der Waals surface area contributed by atoms with Crippen LogP contribution in [0.25, 0.3) is 0 Å². The summed E-state index contributed by atoms with van der Waals surface area (Å²) in [6.45, 7) is 1.22. The first-order valence-corrected chi connectivity index (χ1v) is 7.74. The number of likely N-dealkylation sites (tertiary alicyclic amines) is 1. The van der Waals surface area contributed by atoms with Gasteiger partial charge in [-0.15, -0.1) is 0 Å². The van der Waals surface area contributed by atoms with Crippen LogP contribution in [0.4, 0.5) is 5.82 Å². The zero-order valence-corrected chi connectivity index (χ0v) is 13.1. The zero-order valence-electron chi connectivity index (χ0n) is 13.1. The van der Waals surface area contributed by atoms with Crippen LogP contribution in [-0.2, 0) is 16.1 Å². The Labute approximate surface area is 135 Å². The normalized spacial score (nSPS) is 18.0. The Balaban J connectivity index is 1.66. The molecule has 0 bridgehead atoms. The second kappa shape index (κ2) is 6.64. The van der Waals surface area contributed by atoms with Crippen molar-refractivity contribution in [3.63, 3.8) is 0 Å². The molecule has 0 unspecified atom stereocenters.